The summed E-state index contributed by atoms with van der Waals surface area (Å²) < 4.78 is 7.21. The first-order valence-corrected chi connectivity index (χ1v) is 11.0. The van der Waals surface area contributed by atoms with Gasteiger partial charge in [-0.2, -0.15) is 5.10 Å². The lowest BCUT2D eigenvalue weighted by Crippen LogP contribution is -2.32. The van der Waals surface area contributed by atoms with Gasteiger partial charge in [-0.05, 0) is 49.6 Å². The van der Waals surface area contributed by atoms with Crippen LogP contribution >= 0.6 is 0 Å². The summed E-state index contributed by atoms with van der Waals surface area (Å²) in [7, 11) is 0. The van der Waals surface area contributed by atoms with Crippen molar-refractivity contribution in [3.8, 4) is 17.0 Å². The van der Waals surface area contributed by atoms with E-state index in [4.69, 9.17) is 4.74 Å². The van der Waals surface area contributed by atoms with Crippen LogP contribution in [0.25, 0.3) is 22.0 Å². The van der Waals surface area contributed by atoms with Gasteiger partial charge in [-0.15, -0.1) is 6.58 Å². The molecular weight excluding hydrogens is 412 g/mol. The predicted octanol–water partition coefficient (Wildman–Crippen LogP) is 4.85. The van der Waals surface area contributed by atoms with Crippen molar-refractivity contribution in [1.82, 2.24) is 9.78 Å². The van der Waals surface area contributed by atoms with Gasteiger partial charge in [0, 0.05) is 10.9 Å². The first kappa shape index (κ1) is 22.5. The summed E-state index contributed by atoms with van der Waals surface area (Å²) in [6, 6.07) is 21.3. The molecule has 0 saturated heterocycles. The van der Waals surface area contributed by atoms with Crippen molar-refractivity contribution >= 4 is 10.8 Å². The molecule has 0 fully saturated rings. The number of fused-ring (bicyclic) bond motifs is 1. The number of aliphatic hydroxyl groups excluding tert-OH is 1. The number of aromatic nitrogens is 2. The van der Waals surface area contributed by atoms with Gasteiger partial charge in [0.1, 0.15) is 18.5 Å². The summed E-state index contributed by atoms with van der Waals surface area (Å²) in [6.07, 6.45) is 1.59. The van der Waals surface area contributed by atoms with Gasteiger partial charge in [0.2, 0.25) is 0 Å². The van der Waals surface area contributed by atoms with Crippen LogP contribution in [-0.2, 0) is 13.0 Å². The van der Waals surface area contributed by atoms with Crippen molar-refractivity contribution in [3.05, 3.63) is 106 Å². The van der Waals surface area contributed by atoms with Crippen molar-refractivity contribution in [2.45, 2.75) is 32.9 Å². The molecule has 0 aliphatic heterocycles. The van der Waals surface area contributed by atoms with Crippen molar-refractivity contribution in [2.75, 3.05) is 6.61 Å². The number of aryl methyl sites for hydroxylation is 2. The van der Waals surface area contributed by atoms with E-state index in [1.165, 1.54) is 4.68 Å². The maximum Gasteiger partial charge on any atom is 0.274 e. The Morgan fingerprint density at radius 3 is 2.58 bits per heavy atom. The van der Waals surface area contributed by atoms with E-state index >= 15 is 0 Å². The molecule has 4 aromatic rings. The smallest absolute Gasteiger partial charge is 0.274 e. The fourth-order valence-electron chi connectivity index (χ4n) is 3.96. The lowest BCUT2D eigenvalue weighted by atomic mass is 9.99. The quantitative estimate of drug-likeness (QED) is 0.398. The van der Waals surface area contributed by atoms with E-state index in [2.05, 4.69) is 29.9 Å². The molecule has 5 heteroatoms. The fourth-order valence-corrected chi connectivity index (χ4v) is 3.96. The van der Waals surface area contributed by atoms with E-state index in [0.717, 1.165) is 33.3 Å². The molecular formula is C28H28N2O3. The maximum absolute atomic E-state index is 13.2. The molecule has 1 heterocycles. The van der Waals surface area contributed by atoms with Gasteiger partial charge in [0.25, 0.3) is 5.56 Å². The highest BCUT2D eigenvalue weighted by molar-refractivity contribution is 5.94. The van der Waals surface area contributed by atoms with Crippen molar-refractivity contribution in [2.24, 2.45) is 0 Å². The SMILES string of the molecule is C=CCc1ccccc1OCC(O)Cn1nc(-c2cc(C)ccc2C)c2ccccc2c1=O. The predicted molar refractivity (Wildman–Crippen MR) is 133 cm³/mol. The van der Waals surface area contributed by atoms with Crippen LogP contribution in [0.2, 0.25) is 0 Å². The van der Waals surface area contributed by atoms with Gasteiger partial charge in [0.15, 0.2) is 0 Å². The van der Waals surface area contributed by atoms with Crippen LogP contribution in [0.4, 0.5) is 0 Å². The number of ether oxygens (including phenoxy) is 1. The van der Waals surface area contributed by atoms with Crippen LogP contribution in [0, 0.1) is 13.8 Å². The number of allylic oxidation sites excluding steroid dienone is 1. The second kappa shape index (κ2) is 9.84. The summed E-state index contributed by atoms with van der Waals surface area (Å²) >= 11 is 0. The molecule has 0 aliphatic rings. The van der Waals surface area contributed by atoms with E-state index in [9.17, 15) is 9.90 Å². The Labute approximate surface area is 193 Å². The van der Waals surface area contributed by atoms with Crippen LogP contribution in [-0.4, -0.2) is 27.6 Å². The molecule has 33 heavy (non-hydrogen) atoms. The molecule has 0 radical (unpaired) electrons. The molecule has 4 rings (SSSR count). The Balaban J connectivity index is 1.66. The zero-order valence-electron chi connectivity index (χ0n) is 19.0. The first-order chi connectivity index (χ1) is 16.0. The molecule has 0 amide bonds. The van der Waals surface area contributed by atoms with Crippen LogP contribution < -0.4 is 10.3 Å². The average molecular weight is 441 g/mol. The highest BCUT2D eigenvalue weighted by atomic mass is 16.5. The largest absolute Gasteiger partial charge is 0.491 e. The van der Waals surface area contributed by atoms with Gasteiger partial charge in [0.05, 0.1) is 17.6 Å². The molecule has 0 aliphatic carbocycles. The van der Waals surface area contributed by atoms with Crippen molar-refractivity contribution in [3.63, 3.8) is 0 Å². The number of hydrogen-bond acceptors (Lipinski definition) is 4. The highest BCUT2D eigenvalue weighted by Crippen LogP contribution is 2.28. The summed E-state index contributed by atoms with van der Waals surface area (Å²) in [4.78, 5) is 13.2. The number of nitrogens with zero attached hydrogens (tertiary/aromatic N) is 2. The number of rotatable bonds is 8. The molecule has 0 bridgehead atoms. The molecule has 0 saturated carbocycles. The molecule has 5 nitrogen and oxygen atoms in total. The number of hydrogen-bond donors (Lipinski definition) is 1. The van der Waals surface area contributed by atoms with Crippen molar-refractivity contribution in [1.29, 1.82) is 0 Å². The summed E-state index contributed by atoms with van der Waals surface area (Å²) in [5.74, 6) is 0.700. The minimum Gasteiger partial charge on any atom is -0.491 e. The summed E-state index contributed by atoms with van der Waals surface area (Å²) in [5.41, 5.74) is 4.67. The molecule has 1 unspecified atom stereocenters. The second-order valence-electron chi connectivity index (χ2n) is 8.27. The van der Waals surface area contributed by atoms with E-state index in [1.807, 2.05) is 62.4 Å². The lowest BCUT2D eigenvalue weighted by molar-refractivity contribution is 0.0878. The van der Waals surface area contributed by atoms with Crippen molar-refractivity contribution < 1.29 is 9.84 Å². The average Bonchev–Trinajstić information content (AvgIpc) is 2.82. The summed E-state index contributed by atoms with van der Waals surface area (Å²) in [5, 5.41) is 16.8. The van der Waals surface area contributed by atoms with Crippen LogP contribution in [0.1, 0.15) is 16.7 Å². The monoisotopic (exact) mass is 440 g/mol. The minimum atomic E-state index is -0.903. The zero-order chi connectivity index (χ0) is 23.4. The van der Waals surface area contributed by atoms with Gasteiger partial charge >= 0.3 is 0 Å². The fraction of sp³-hybridized carbons (Fsp3) is 0.214. The Kier molecular flexibility index (Phi) is 6.71. The molecule has 1 N–H and O–H groups in total. The van der Waals surface area contributed by atoms with Gasteiger partial charge in [-0.1, -0.05) is 60.2 Å². The lowest BCUT2D eigenvalue weighted by Gasteiger charge is -2.17. The minimum absolute atomic E-state index is 0.0329. The van der Waals surface area contributed by atoms with Gasteiger partial charge in [-0.25, -0.2) is 4.68 Å². The van der Waals surface area contributed by atoms with Gasteiger partial charge in [-0.3, -0.25) is 4.79 Å². The third kappa shape index (κ3) is 4.89. The third-order valence-corrected chi connectivity index (χ3v) is 5.67. The Hall–Kier alpha value is -3.70. The Morgan fingerprint density at radius 2 is 1.79 bits per heavy atom. The highest BCUT2D eigenvalue weighted by Gasteiger charge is 2.16. The number of aliphatic hydroxyl groups is 1. The zero-order valence-corrected chi connectivity index (χ0v) is 19.0. The molecule has 0 spiro atoms. The standard InChI is InChI=1S/C28H28N2O3/c1-4-9-21-10-5-8-13-26(21)33-18-22(31)17-30-28(32)24-12-7-6-11-23(24)27(29-30)25-16-19(2)14-15-20(25)3/h4-8,10-16,22,31H,1,9,17-18H2,2-3H3. The Morgan fingerprint density at radius 1 is 1.06 bits per heavy atom. The van der Waals surface area contributed by atoms with Crippen LogP contribution in [0.5, 0.6) is 5.75 Å². The topological polar surface area (TPSA) is 64.3 Å². The van der Waals surface area contributed by atoms with E-state index in [1.54, 1.807) is 6.07 Å². The first-order valence-electron chi connectivity index (χ1n) is 11.0. The second-order valence-corrected chi connectivity index (χ2v) is 8.27. The normalized spacial score (nSPS) is 12.0. The molecule has 1 atom stereocenters. The van der Waals surface area contributed by atoms with E-state index in [0.29, 0.717) is 17.6 Å². The number of para-hydroxylation sites is 1. The molecule has 1 aromatic heterocycles. The van der Waals surface area contributed by atoms with Gasteiger partial charge < -0.3 is 9.84 Å². The van der Waals surface area contributed by atoms with Crippen LogP contribution in [0.15, 0.2) is 84.2 Å². The molecule has 168 valence electrons. The maximum atomic E-state index is 13.2. The van der Waals surface area contributed by atoms with E-state index < -0.39 is 6.10 Å². The van der Waals surface area contributed by atoms with E-state index in [-0.39, 0.29) is 18.7 Å². The summed E-state index contributed by atoms with van der Waals surface area (Å²) in [6.45, 7) is 7.92. The third-order valence-electron chi connectivity index (χ3n) is 5.67. The number of benzene rings is 3. The van der Waals surface area contributed by atoms with Crippen LogP contribution in [0.3, 0.4) is 0 Å². The Bertz CT molecular complexity index is 1360. The molecule has 3 aromatic carbocycles.